The fourth-order valence-electron chi connectivity index (χ4n) is 1.92. The molecule has 0 unspecified atom stereocenters. The van der Waals surface area contributed by atoms with E-state index in [0.29, 0.717) is 6.54 Å². The maximum Gasteiger partial charge on any atom is 0.141 e. The van der Waals surface area contributed by atoms with Gasteiger partial charge in [-0.1, -0.05) is 20.8 Å². The van der Waals surface area contributed by atoms with Crippen molar-refractivity contribution in [2.45, 2.75) is 27.3 Å². The monoisotopic (exact) mass is 239 g/mol. The van der Waals surface area contributed by atoms with Crippen LogP contribution in [0.2, 0.25) is 0 Å². The molecule has 0 bridgehead atoms. The number of halogens is 1. The van der Waals surface area contributed by atoms with E-state index in [2.05, 4.69) is 36.0 Å². The molecule has 1 rings (SSSR count). The van der Waals surface area contributed by atoms with Crippen LogP contribution >= 0.6 is 0 Å². The lowest BCUT2D eigenvalue weighted by atomic mass is 9.96. The summed E-state index contributed by atoms with van der Waals surface area (Å²) in [7, 11) is 3.84. The molecule has 96 valence electrons. The van der Waals surface area contributed by atoms with Gasteiger partial charge in [0, 0.05) is 25.7 Å². The minimum atomic E-state index is -0.289. The standard InChI is InChI=1S/C13H22FN3/c1-13(2,3)9-17(5)12-10(7-15-4)6-11(14)8-16-12/h6,8,15H,7,9H2,1-5H3. The number of aromatic nitrogens is 1. The van der Waals surface area contributed by atoms with E-state index in [-0.39, 0.29) is 11.2 Å². The third-order valence-electron chi connectivity index (χ3n) is 2.35. The lowest BCUT2D eigenvalue weighted by Gasteiger charge is -2.28. The van der Waals surface area contributed by atoms with Gasteiger partial charge in [-0.25, -0.2) is 9.37 Å². The van der Waals surface area contributed by atoms with Crippen molar-refractivity contribution >= 4 is 5.82 Å². The minimum absolute atomic E-state index is 0.182. The average Bonchev–Trinajstić information content (AvgIpc) is 2.15. The van der Waals surface area contributed by atoms with Crippen molar-refractivity contribution in [3.05, 3.63) is 23.6 Å². The first kappa shape index (κ1) is 13.9. The van der Waals surface area contributed by atoms with Crippen molar-refractivity contribution in [2.24, 2.45) is 5.41 Å². The van der Waals surface area contributed by atoms with Crippen molar-refractivity contribution in [1.82, 2.24) is 10.3 Å². The number of anilines is 1. The zero-order valence-electron chi connectivity index (χ0n) is 11.3. The van der Waals surface area contributed by atoms with Crippen molar-refractivity contribution in [1.29, 1.82) is 0 Å². The van der Waals surface area contributed by atoms with E-state index in [0.717, 1.165) is 17.9 Å². The molecule has 1 aromatic rings. The fourth-order valence-corrected chi connectivity index (χ4v) is 1.92. The number of nitrogens with zero attached hydrogens (tertiary/aromatic N) is 2. The Morgan fingerprint density at radius 2 is 2.06 bits per heavy atom. The van der Waals surface area contributed by atoms with Gasteiger partial charge < -0.3 is 10.2 Å². The maximum atomic E-state index is 13.2. The summed E-state index contributed by atoms with van der Waals surface area (Å²) in [5, 5.41) is 3.04. The van der Waals surface area contributed by atoms with E-state index < -0.39 is 0 Å². The zero-order chi connectivity index (χ0) is 13.1. The molecule has 0 aliphatic heterocycles. The highest BCUT2D eigenvalue weighted by atomic mass is 19.1. The summed E-state index contributed by atoms with van der Waals surface area (Å²) < 4.78 is 13.2. The summed E-state index contributed by atoms with van der Waals surface area (Å²) in [5.74, 6) is 0.554. The lowest BCUT2D eigenvalue weighted by Crippen LogP contribution is -2.31. The maximum absolute atomic E-state index is 13.2. The van der Waals surface area contributed by atoms with Crippen molar-refractivity contribution in [3.8, 4) is 0 Å². The van der Waals surface area contributed by atoms with Gasteiger partial charge in [0.25, 0.3) is 0 Å². The molecular weight excluding hydrogens is 217 g/mol. The van der Waals surface area contributed by atoms with E-state index in [9.17, 15) is 4.39 Å². The van der Waals surface area contributed by atoms with Gasteiger partial charge in [0.15, 0.2) is 0 Å². The fraction of sp³-hybridized carbons (Fsp3) is 0.615. The minimum Gasteiger partial charge on any atom is -0.359 e. The Bertz CT molecular complexity index is 371. The van der Waals surface area contributed by atoms with Gasteiger partial charge >= 0.3 is 0 Å². The molecule has 0 aliphatic carbocycles. The third-order valence-corrected chi connectivity index (χ3v) is 2.35. The predicted molar refractivity (Wildman–Crippen MR) is 69.7 cm³/mol. The van der Waals surface area contributed by atoms with E-state index in [4.69, 9.17) is 0 Å². The Morgan fingerprint density at radius 1 is 1.41 bits per heavy atom. The smallest absolute Gasteiger partial charge is 0.141 e. The summed E-state index contributed by atoms with van der Waals surface area (Å²) in [6.45, 7) is 8.01. The normalized spacial score (nSPS) is 11.6. The van der Waals surface area contributed by atoms with Crippen LogP contribution < -0.4 is 10.2 Å². The second-order valence-corrected chi connectivity index (χ2v) is 5.58. The Labute approximate surface area is 103 Å². The molecule has 0 radical (unpaired) electrons. The summed E-state index contributed by atoms with van der Waals surface area (Å²) in [6, 6.07) is 1.54. The molecule has 1 N–H and O–H groups in total. The number of hydrogen-bond acceptors (Lipinski definition) is 3. The molecule has 1 aromatic heterocycles. The van der Waals surface area contributed by atoms with Crippen molar-refractivity contribution in [2.75, 3.05) is 25.5 Å². The molecule has 3 nitrogen and oxygen atoms in total. The summed E-state index contributed by atoms with van der Waals surface area (Å²) >= 11 is 0. The first-order chi connectivity index (χ1) is 7.83. The first-order valence-electron chi connectivity index (χ1n) is 5.83. The van der Waals surface area contributed by atoms with Gasteiger partial charge in [0.05, 0.1) is 6.20 Å². The average molecular weight is 239 g/mol. The molecule has 0 spiro atoms. The summed E-state index contributed by atoms with van der Waals surface area (Å²) in [5.41, 5.74) is 1.07. The third kappa shape index (κ3) is 4.30. The molecule has 0 atom stereocenters. The van der Waals surface area contributed by atoms with Crippen molar-refractivity contribution in [3.63, 3.8) is 0 Å². The number of hydrogen-bond donors (Lipinski definition) is 1. The van der Waals surface area contributed by atoms with Crippen LogP contribution in [0.15, 0.2) is 12.3 Å². The Morgan fingerprint density at radius 3 is 2.59 bits per heavy atom. The molecule has 0 aromatic carbocycles. The van der Waals surface area contributed by atoms with Gasteiger partial charge in [0.1, 0.15) is 11.6 Å². The van der Waals surface area contributed by atoms with Crippen LogP contribution in [-0.4, -0.2) is 25.6 Å². The van der Waals surface area contributed by atoms with Gasteiger partial charge in [-0.05, 0) is 18.5 Å². The number of rotatable bonds is 4. The Hall–Kier alpha value is -1.16. The van der Waals surface area contributed by atoms with E-state index in [1.807, 2.05) is 14.1 Å². The van der Waals surface area contributed by atoms with Crippen LogP contribution in [0.5, 0.6) is 0 Å². The number of pyridine rings is 1. The predicted octanol–water partition coefficient (Wildman–Crippen LogP) is 2.42. The highest BCUT2D eigenvalue weighted by Crippen LogP contribution is 2.22. The van der Waals surface area contributed by atoms with Gasteiger partial charge in [-0.2, -0.15) is 0 Å². The molecule has 0 amide bonds. The molecule has 1 heterocycles. The topological polar surface area (TPSA) is 28.2 Å². The van der Waals surface area contributed by atoms with E-state index in [1.165, 1.54) is 12.3 Å². The van der Waals surface area contributed by atoms with E-state index >= 15 is 0 Å². The molecule has 4 heteroatoms. The molecule has 0 saturated heterocycles. The van der Waals surface area contributed by atoms with Crippen LogP contribution in [-0.2, 0) is 6.54 Å². The quantitative estimate of drug-likeness (QED) is 0.874. The van der Waals surface area contributed by atoms with E-state index in [1.54, 1.807) is 0 Å². The molecular formula is C13H22FN3. The Kier molecular flexibility index (Phi) is 4.46. The van der Waals surface area contributed by atoms with Crippen LogP contribution in [0.25, 0.3) is 0 Å². The molecule has 17 heavy (non-hydrogen) atoms. The van der Waals surface area contributed by atoms with Crippen LogP contribution in [0.3, 0.4) is 0 Å². The number of nitrogens with one attached hydrogen (secondary N) is 1. The summed E-state index contributed by atoms with van der Waals surface area (Å²) in [4.78, 5) is 6.27. The summed E-state index contributed by atoms with van der Waals surface area (Å²) in [6.07, 6.45) is 1.27. The molecule has 0 aliphatic rings. The van der Waals surface area contributed by atoms with Gasteiger partial charge in [0.2, 0.25) is 0 Å². The highest BCUT2D eigenvalue weighted by molar-refractivity contribution is 5.46. The zero-order valence-corrected chi connectivity index (χ0v) is 11.3. The van der Waals surface area contributed by atoms with Crippen LogP contribution in [0, 0.1) is 11.2 Å². The molecule has 0 fully saturated rings. The molecule has 0 saturated carbocycles. The van der Waals surface area contributed by atoms with Crippen LogP contribution in [0.1, 0.15) is 26.3 Å². The van der Waals surface area contributed by atoms with Gasteiger partial charge in [-0.3, -0.25) is 0 Å². The second kappa shape index (κ2) is 5.45. The van der Waals surface area contributed by atoms with Crippen LogP contribution in [0.4, 0.5) is 10.2 Å². The first-order valence-corrected chi connectivity index (χ1v) is 5.83. The second-order valence-electron chi connectivity index (χ2n) is 5.58. The van der Waals surface area contributed by atoms with Crippen molar-refractivity contribution < 1.29 is 4.39 Å². The highest BCUT2D eigenvalue weighted by Gasteiger charge is 2.17. The Balaban J connectivity index is 2.95. The lowest BCUT2D eigenvalue weighted by molar-refractivity contribution is 0.417. The van der Waals surface area contributed by atoms with Gasteiger partial charge in [-0.15, -0.1) is 0 Å². The SMILES string of the molecule is CNCc1cc(F)cnc1N(C)CC(C)(C)C. The largest absolute Gasteiger partial charge is 0.359 e.